The van der Waals surface area contributed by atoms with Gasteiger partial charge in [0, 0.05) is 13.0 Å². The van der Waals surface area contributed by atoms with Crippen LogP contribution in [0.5, 0.6) is 0 Å². The Morgan fingerprint density at radius 2 is 2.00 bits per heavy atom. The minimum atomic E-state index is -0.0384. The molecule has 1 saturated heterocycles. The van der Waals surface area contributed by atoms with Crippen LogP contribution in [-0.2, 0) is 9.53 Å². The Hall–Kier alpha value is -0.570. The normalized spacial score (nSPS) is 19.1. The van der Waals surface area contributed by atoms with E-state index in [1.54, 1.807) is 0 Å². The highest BCUT2D eigenvalue weighted by molar-refractivity contribution is 5.69. The molecule has 0 amide bonds. The van der Waals surface area contributed by atoms with Gasteiger partial charge >= 0.3 is 5.97 Å². The Balaban J connectivity index is 2.24. The molecule has 1 rings (SSSR count). The van der Waals surface area contributed by atoms with Crippen molar-refractivity contribution in [2.75, 3.05) is 26.2 Å². The molecule has 1 aliphatic heterocycles. The van der Waals surface area contributed by atoms with E-state index in [0.717, 1.165) is 13.0 Å². The lowest BCUT2D eigenvalue weighted by molar-refractivity contribution is -0.144. The summed E-state index contributed by atoms with van der Waals surface area (Å²) in [5.74, 6) is 0.436. The summed E-state index contributed by atoms with van der Waals surface area (Å²) >= 11 is 0. The molecule has 0 aromatic carbocycles. The summed E-state index contributed by atoms with van der Waals surface area (Å²) in [5, 5.41) is 0. The van der Waals surface area contributed by atoms with Gasteiger partial charge in [-0.3, -0.25) is 4.79 Å². The number of hydrogen-bond donors (Lipinski definition) is 0. The van der Waals surface area contributed by atoms with Gasteiger partial charge in [-0.25, -0.2) is 0 Å². The van der Waals surface area contributed by atoms with Crippen LogP contribution in [0.1, 0.15) is 39.5 Å². The first-order valence-electron chi connectivity index (χ1n) is 6.14. The lowest BCUT2D eigenvalue weighted by Crippen LogP contribution is -2.28. The Bertz CT molecular complexity index is 188. The van der Waals surface area contributed by atoms with E-state index in [2.05, 4.69) is 11.8 Å². The molecule has 0 aliphatic carbocycles. The summed E-state index contributed by atoms with van der Waals surface area (Å²) in [6, 6.07) is 0. The van der Waals surface area contributed by atoms with Crippen LogP contribution < -0.4 is 0 Å². The van der Waals surface area contributed by atoms with Crippen LogP contribution in [0.15, 0.2) is 0 Å². The van der Waals surface area contributed by atoms with E-state index in [9.17, 15) is 4.79 Å². The monoisotopic (exact) mass is 213 g/mol. The first kappa shape index (κ1) is 12.5. The summed E-state index contributed by atoms with van der Waals surface area (Å²) in [7, 11) is 0. The molecule has 0 aromatic rings. The van der Waals surface area contributed by atoms with Crippen molar-refractivity contribution in [3.63, 3.8) is 0 Å². The molecule has 0 aromatic heterocycles. The molecular formula is C12H23NO2. The Kier molecular flexibility index (Phi) is 5.69. The molecule has 1 atom stereocenters. The van der Waals surface area contributed by atoms with Gasteiger partial charge in [0.25, 0.3) is 0 Å². The summed E-state index contributed by atoms with van der Waals surface area (Å²) in [5.41, 5.74) is 0. The molecule has 3 nitrogen and oxygen atoms in total. The van der Waals surface area contributed by atoms with E-state index < -0.39 is 0 Å². The molecule has 15 heavy (non-hydrogen) atoms. The topological polar surface area (TPSA) is 29.5 Å². The summed E-state index contributed by atoms with van der Waals surface area (Å²) < 4.78 is 4.98. The van der Waals surface area contributed by atoms with Gasteiger partial charge in [0.05, 0.1) is 6.61 Å². The average molecular weight is 213 g/mol. The fourth-order valence-electron chi connectivity index (χ4n) is 2.12. The van der Waals surface area contributed by atoms with Crippen molar-refractivity contribution in [2.45, 2.75) is 39.5 Å². The highest BCUT2D eigenvalue weighted by atomic mass is 16.5. The van der Waals surface area contributed by atoms with Crippen LogP contribution in [-0.4, -0.2) is 37.1 Å². The van der Waals surface area contributed by atoms with Gasteiger partial charge in [-0.15, -0.1) is 0 Å². The smallest absolute Gasteiger partial charge is 0.306 e. The second kappa shape index (κ2) is 6.83. The number of ether oxygens (including phenoxy) is 1. The summed E-state index contributed by atoms with van der Waals surface area (Å²) in [6.45, 7) is 7.99. The van der Waals surface area contributed by atoms with Crippen LogP contribution >= 0.6 is 0 Å². The van der Waals surface area contributed by atoms with Gasteiger partial charge in [-0.05, 0) is 38.8 Å². The molecular weight excluding hydrogens is 190 g/mol. The zero-order valence-corrected chi connectivity index (χ0v) is 10.00. The van der Waals surface area contributed by atoms with Crippen LogP contribution in [0.25, 0.3) is 0 Å². The summed E-state index contributed by atoms with van der Waals surface area (Å²) in [4.78, 5) is 13.8. The van der Waals surface area contributed by atoms with Crippen molar-refractivity contribution in [1.29, 1.82) is 0 Å². The maximum Gasteiger partial charge on any atom is 0.306 e. The van der Waals surface area contributed by atoms with Crippen molar-refractivity contribution in [3.05, 3.63) is 0 Å². The van der Waals surface area contributed by atoms with Crippen molar-refractivity contribution < 1.29 is 9.53 Å². The molecule has 1 fully saturated rings. The van der Waals surface area contributed by atoms with E-state index in [1.165, 1.54) is 25.9 Å². The van der Waals surface area contributed by atoms with Gasteiger partial charge in [-0.2, -0.15) is 0 Å². The minimum absolute atomic E-state index is 0.0384. The predicted molar refractivity (Wildman–Crippen MR) is 60.7 cm³/mol. The highest BCUT2D eigenvalue weighted by Crippen LogP contribution is 2.15. The van der Waals surface area contributed by atoms with E-state index in [4.69, 9.17) is 4.74 Å². The van der Waals surface area contributed by atoms with Crippen LogP contribution in [0.3, 0.4) is 0 Å². The molecule has 3 heteroatoms. The third kappa shape index (κ3) is 4.65. The molecule has 0 N–H and O–H groups in total. The number of hydrogen-bond acceptors (Lipinski definition) is 3. The van der Waals surface area contributed by atoms with Crippen LogP contribution in [0, 0.1) is 5.92 Å². The number of esters is 1. The Morgan fingerprint density at radius 3 is 2.53 bits per heavy atom. The highest BCUT2D eigenvalue weighted by Gasteiger charge is 2.19. The minimum Gasteiger partial charge on any atom is -0.466 e. The maximum atomic E-state index is 11.3. The van der Waals surface area contributed by atoms with Gasteiger partial charge in [0.15, 0.2) is 0 Å². The van der Waals surface area contributed by atoms with Crippen molar-refractivity contribution in [1.82, 2.24) is 4.90 Å². The summed E-state index contributed by atoms with van der Waals surface area (Å²) in [6.07, 6.45) is 4.28. The number of nitrogens with zero attached hydrogens (tertiary/aromatic N) is 1. The molecule has 0 saturated carbocycles. The quantitative estimate of drug-likeness (QED) is 0.633. The molecule has 0 radical (unpaired) electrons. The molecule has 1 aliphatic rings. The number of likely N-dealkylation sites (tertiary alicyclic amines) is 1. The fourth-order valence-corrected chi connectivity index (χ4v) is 2.12. The number of rotatable bonds is 6. The zero-order valence-electron chi connectivity index (χ0n) is 10.00. The first-order chi connectivity index (χ1) is 7.26. The van der Waals surface area contributed by atoms with E-state index in [0.29, 0.717) is 18.9 Å². The van der Waals surface area contributed by atoms with Gasteiger partial charge < -0.3 is 9.64 Å². The Morgan fingerprint density at radius 1 is 1.33 bits per heavy atom. The zero-order chi connectivity index (χ0) is 11.1. The SMILES string of the molecule is CCOC(=O)CC(CC)CN1CCCC1. The van der Waals surface area contributed by atoms with Gasteiger partial charge in [0.1, 0.15) is 0 Å². The van der Waals surface area contributed by atoms with Gasteiger partial charge in [0.2, 0.25) is 0 Å². The Labute approximate surface area is 92.8 Å². The molecule has 1 heterocycles. The lowest BCUT2D eigenvalue weighted by Gasteiger charge is -2.21. The fraction of sp³-hybridized carbons (Fsp3) is 0.917. The first-order valence-corrected chi connectivity index (χ1v) is 6.14. The molecule has 88 valence electrons. The third-order valence-electron chi connectivity index (χ3n) is 3.05. The predicted octanol–water partition coefficient (Wildman–Crippen LogP) is 2.06. The van der Waals surface area contributed by atoms with Crippen LogP contribution in [0.4, 0.5) is 0 Å². The van der Waals surface area contributed by atoms with Crippen molar-refractivity contribution in [3.8, 4) is 0 Å². The van der Waals surface area contributed by atoms with Crippen molar-refractivity contribution >= 4 is 5.97 Å². The van der Waals surface area contributed by atoms with E-state index >= 15 is 0 Å². The second-order valence-electron chi connectivity index (χ2n) is 4.29. The number of carbonyl (C=O) groups is 1. The largest absolute Gasteiger partial charge is 0.466 e. The third-order valence-corrected chi connectivity index (χ3v) is 3.05. The lowest BCUT2D eigenvalue weighted by atomic mass is 10.0. The van der Waals surface area contributed by atoms with Crippen molar-refractivity contribution in [2.24, 2.45) is 5.92 Å². The average Bonchev–Trinajstić information content (AvgIpc) is 2.70. The molecule has 0 bridgehead atoms. The standard InChI is InChI=1S/C12H23NO2/c1-3-11(9-12(14)15-4-2)10-13-7-5-6-8-13/h11H,3-10H2,1-2H3. The molecule has 1 unspecified atom stereocenters. The maximum absolute atomic E-state index is 11.3. The van der Waals surface area contributed by atoms with Gasteiger partial charge in [-0.1, -0.05) is 13.3 Å². The van der Waals surface area contributed by atoms with Crippen LogP contribution in [0.2, 0.25) is 0 Å². The number of carbonyl (C=O) groups excluding carboxylic acids is 1. The van der Waals surface area contributed by atoms with E-state index in [-0.39, 0.29) is 5.97 Å². The molecule has 0 spiro atoms. The second-order valence-corrected chi connectivity index (χ2v) is 4.29. The van der Waals surface area contributed by atoms with E-state index in [1.807, 2.05) is 6.92 Å².